The minimum atomic E-state index is -0.514. The quantitative estimate of drug-likeness (QED) is 0.0801. The molecular formula is C23H34Br2O3. The standard InChI is InChI=1S/C23H34Br2O3/c1-4-6-7-8-14-20(24)17-21(25)15-11-13-19-12-9-10-16-22(19)28-18(3)23(26)27-5-2/h9-10,12,16,20-21H,3-8,11,13-15,17H2,1-2H3. The molecular weight excluding hydrogens is 484 g/mol. The number of hydrogen-bond donors (Lipinski definition) is 0. The summed E-state index contributed by atoms with van der Waals surface area (Å²) in [6.45, 7) is 7.99. The molecule has 28 heavy (non-hydrogen) atoms. The summed E-state index contributed by atoms with van der Waals surface area (Å²) in [7, 11) is 0. The fourth-order valence-electron chi connectivity index (χ4n) is 3.02. The van der Waals surface area contributed by atoms with Crippen molar-refractivity contribution in [3.63, 3.8) is 0 Å². The van der Waals surface area contributed by atoms with E-state index in [1.807, 2.05) is 24.3 Å². The van der Waals surface area contributed by atoms with Crippen LogP contribution in [0.3, 0.4) is 0 Å². The lowest BCUT2D eigenvalue weighted by molar-refractivity contribution is -0.140. The van der Waals surface area contributed by atoms with Gasteiger partial charge in [0.1, 0.15) is 5.75 Å². The fourth-order valence-corrected chi connectivity index (χ4v) is 5.07. The van der Waals surface area contributed by atoms with E-state index in [0.717, 1.165) is 31.2 Å². The molecule has 2 atom stereocenters. The van der Waals surface area contributed by atoms with E-state index in [4.69, 9.17) is 9.47 Å². The highest BCUT2D eigenvalue weighted by molar-refractivity contribution is 9.10. The number of hydrogen-bond acceptors (Lipinski definition) is 3. The maximum absolute atomic E-state index is 11.7. The van der Waals surface area contributed by atoms with Gasteiger partial charge in [-0.2, -0.15) is 0 Å². The molecule has 0 saturated heterocycles. The lowest BCUT2D eigenvalue weighted by Crippen LogP contribution is -2.12. The van der Waals surface area contributed by atoms with Gasteiger partial charge in [0, 0.05) is 9.65 Å². The normalized spacial score (nSPS) is 13.0. The number of carbonyl (C=O) groups excluding carboxylic acids is 1. The second kappa shape index (κ2) is 15.1. The molecule has 3 nitrogen and oxygen atoms in total. The van der Waals surface area contributed by atoms with E-state index in [9.17, 15) is 4.79 Å². The largest absolute Gasteiger partial charge is 0.460 e. The third-order valence-corrected chi connectivity index (χ3v) is 6.22. The molecule has 158 valence electrons. The zero-order valence-electron chi connectivity index (χ0n) is 17.2. The highest BCUT2D eigenvalue weighted by Gasteiger charge is 2.14. The van der Waals surface area contributed by atoms with E-state index in [2.05, 4.69) is 45.4 Å². The van der Waals surface area contributed by atoms with Crippen LogP contribution in [0.15, 0.2) is 36.6 Å². The monoisotopic (exact) mass is 516 g/mol. The molecule has 0 bridgehead atoms. The highest BCUT2D eigenvalue weighted by Crippen LogP contribution is 2.26. The van der Waals surface area contributed by atoms with Gasteiger partial charge in [0.2, 0.25) is 5.76 Å². The molecule has 0 fully saturated rings. The average molecular weight is 518 g/mol. The van der Waals surface area contributed by atoms with Crippen molar-refractivity contribution >= 4 is 37.8 Å². The van der Waals surface area contributed by atoms with Crippen molar-refractivity contribution in [2.45, 2.75) is 81.3 Å². The first-order valence-electron chi connectivity index (χ1n) is 10.4. The molecule has 0 aliphatic carbocycles. The van der Waals surface area contributed by atoms with Crippen molar-refractivity contribution in [3.8, 4) is 5.75 Å². The van der Waals surface area contributed by atoms with Gasteiger partial charge in [-0.1, -0.05) is 82.7 Å². The summed E-state index contributed by atoms with van der Waals surface area (Å²) in [5.41, 5.74) is 1.09. The van der Waals surface area contributed by atoms with Crippen LogP contribution in [-0.4, -0.2) is 22.2 Å². The molecule has 0 radical (unpaired) electrons. The first-order valence-corrected chi connectivity index (χ1v) is 12.2. The molecule has 1 rings (SSSR count). The van der Waals surface area contributed by atoms with Crippen LogP contribution < -0.4 is 4.74 Å². The number of alkyl halides is 2. The number of benzene rings is 1. The molecule has 0 amide bonds. The van der Waals surface area contributed by atoms with E-state index in [1.54, 1.807) is 6.92 Å². The molecule has 0 aromatic heterocycles. The van der Waals surface area contributed by atoms with Gasteiger partial charge in [0.25, 0.3) is 0 Å². The number of unbranched alkanes of at least 4 members (excludes halogenated alkanes) is 3. The van der Waals surface area contributed by atoms with Crippen molar-refractivity contribution in [1.82, 2.24) is 0 Å². The predicted octanol–water partition coefficient (Wildman–Crippen LogP) is 7.35. The van der Waals surface area contributed by atoms with Crippen molar-refractivity contribution in [3.05, 3.63) is 42.2 Å². The molecule has 1 aromatic rings. The van der Waals surface area contributed by atoms with Gasteiger partial charge in [-0.05, 0) is 57.2 Å². The summed E-state index contributed by atoms with van der Waals surface area (Å²) in [5.74, 6) is 0.193. The molecule has 0 N–H and O–H groups in total. The van der Waals surface area contributed by atoms with Gasteiger partial charge in [-0.3, -0.25) is 0 Å². The third kappa shape index (κ3) is 10.7. The molecule has 0 aliphatic heterocycles. The Morgan fingerprint density at radius 1 is 1.04 bits per heavy atom. The number of carbonyl (C=O) groups is 1. The van der Waals surface area contributed by atoms with Crippen LogP contribution in [0.25, 0.3) is 0 Å². The lowest BCUT2D eigenvalue weighted by atomic mass is 10.0. The fraction of sp³-hybridized carbons (Fsp3) is 0.609. The maximum atomic E-state index is 11.7. The summed E-state index contributed by atoms with van der Waals surface area (Å²) in [6.07, 6.45) is 10.7. The van der Waals surface area contributed by atoms with Gasteiger partial charge in [0.15, 0.2) is 0 Å². The van der Waals surface area contributed by atoms with Crippen molar-refractivity contribution in [2.24, 2.45) is 0 Å². The Kier molecular flexibility index (Phi) is 13.6. The summed E-state index contributed by atoms with van der Waals surface area (Å²) in [5, 5.41) is 0. The van der Waals surface area contributed by atoms with Crippen LogP contribution >= 0.6 is 31.9 Å². The Hall–Kier alpha value is -0.810. The number of ether oxygens (including phenoxy) is 2. The number of rotatable bonds is 15. The molecule has 0 heterocycles. The average Bonchev–Trinajstić information content (AvgIpc) is 2.66. The van der Waals surface area contributed by atoms with Crippen LogP contribution in [0.2, 0.25) is 0 Å². The molecule has 5 heteroatoms. The lowest BCUT2D eigenvalue weighted by Gasteiger charge is -2.16. The number of halogens is 2. The van der Waals surface area contributed by atoms with Crippen LogP contribution in [0, 0.1) is 0 Å². The minimum absolute atomic E-state index is 0.0258. The van der Waals surface area contributed by atoms with E-state index < -0.39 is 5.97 Å². The Balaban J connectivity index is 2.40. The zero-order valence-corrected chi connectivity index (χ0v) is 20.4. The second-order valence-corrected chi connectivity index (χ2v) is 9.62. The van der Waals surface area contributed by atoms with Crippen molar-refractivity contribution in [1.29, 1.82) is 0 Å². The summed E-state index contributed by atoms with van der Waals surface area (Å²) < 4.78 is 10.6. The maximum Gasteiger partial charge on any atom is 0.373 e. The SMILES string of the molecule is C=C(Oc1ccccc1CCCC(Br)CC(Br)CCCCCC)C(=O)OCC. The van der Waals surface area contributed by atoms with Crippen LogP contribution in [0.1, 0.15) is 70.8 Å². The zero-order chi connectivity index (χ0) is 20.8. The first-order chi connectivity index (χ1) is 13.5. The van der Waals surface area contributed by atoms with E-state index in [0.29, 0.717) is 22.0 Å². The summed E-state index contributed by atoms with van der Waals surface area (Å²) in [4.78, 5) is 12.8. The topological polar surface area (TPSA) is 35.5 Å². The van der Waals surface area contributed by atoms with Crippen molar-refractivity contribution < 1.29 is 14.3 Å². The van der Waals surface area contributed by atoms with E-state index >= 15 is 0 Å². The first kappa shape index (κ1) is 25.2. The highest BCUT2D eigenvalue weighted by atomic mass is 79.9. The van der Waals surface area contributed by atoms with Crippen LogP contribution in [0.5, 0.6) is 5.75 Å². The Bertz CT molecular complexity index is 589. The summed E-state index contributed by atoms with van der Waals surface area (Å²) >= 11 is 7.66. The van der Waals surface area contributed by atoms with Crippen LogP contribution in [0.4, 0.5) is 0 Å². The van der Waals surface area contributed by atoms with Crippen LogP contribution in [-0.2, 0) is 16.0 Å². The second-order valence-electron chi connectivity index (χ2n) is 7.03. The van der Waals surface area contributed by atoms with Gasteiger partial charge in [-0.15, -0.1) is 0 Å². The van der Waals surface area contributed by atoms with E-state index in [1.165, 1.54) is 32.1 Å². The molecule has 2 unspecified atom stereocenters. The predicted molar refractivity (Wildman–Crippen MR) is 125 cm³/mol. The van der Waals surface area contributed by atoms with Gasteiger partial charge < -0.3 is 9.47 Å². The Morgan fingerprint density at radius 2 is 1.71 bits per heavy atom. The van der Waals surface area contributed by atoms with Gasteiger partial charge in [0.05, 0.1) is 6.61 Å². The Labute approximate surface area is 187 Å². The minimum Gasteiger partial charge on any atom is -0.460 e. The third-order valence-electron chi connectivity index (χ3n) is 4.55. The molecule has 1 aromatic carbocycles. The molecule has 0 saturated carbocycles. The van der Waals surface area contributed by atoms with Crippen molar-refractivity contribution in [2.75, 3.05) is 6.61 Å². The molecule has 0 spiro atoms. The number of esters is 1. The van der Waals surface area contributed by atoms with E-state index in [-0.39, 0.29) is 5.76 Å². The van der Waals surface area contributed by atoms with Gasteiger partial charge >= 0.3 is 5.97 Å². The number of aryl methyl sites for hydroxylation is 1. The number of para-hydroxylation sites is 1. The Morgan fingerprint density at radius 3 is 2.39 bits per heavy atom. The summed E-state index contributed by atoms with van der Waals surface area (Å²) in [6, 6.07) is 7.80. The van der Waals surface area contributed by atoms with Gasteiger partial charge in [-0.25, -0.2) is 4.79 Å². The molecule has 0 aliphatic rings. The smallest absolute Gasteiger partial charge is 0.373 e.